The van der Waals surface area contributed by atoms with E-state index in [1.165, 1.54) is 0 Å². The Balaban J connectivity index is 1.72. The number of nitrogens with one attached hydrogen (secondary N) is 1. The van der Waals surface area contributed by atoms with Crippen LogP contribution < -0.4 is 14.8 Å². The highest BCUT2D eigenvalue weighted by Crippen LogP contribution is 2.15. The molecule has 0 saturated carbocycles. The maximum atomic E-state index is 12.0. The topological polar surface area (TPSA) is 47.6 Å². The first-order valence-corrected chi connectivity index (χ1v) is 7.75. The van der Waals surface area contributed by atoms with E-state index in [1.807, 2.05) is 56.3 Å². The number of aryl methyl sites for hydroxylation is 2. The van der Waals surface area contributed by atoms with E-state index in [-0.39, 0.29) is 5.91 Å². The van der Waals surface area contributed by atoms with Crippen LogP contribution in [0.2, 0.25) is 0 Å². The highest BCUT2D eigenvalue weighted by molar-refractivity contribution is 5.80. The SMILES string of the molecule is Cc1cc(C)cc(OCCNC(=O)C(C)Oc2ccccc2)c1. The van der Waals surface area contributed by atoms with Gasteiger partial charge in [-0.1, -0.05) is 24.3 Å². The highest BCUT2D eigenvalue weighted by Gasteiger charge is 2.13. The monoisotopic (exact) mass is 313 g/mol. The third-order valence-electron chi connectivity index (χ3n) is 3.29. The Labute approximate surface area is 137 Å². The summed E-state index contributed by atoms with van der Waals surface area (Å²) in [6, 6.07) is 15.4. The van der Waals surface area contributed by atoms with E-state index < -0.39 is 6.10 Å². The van der Waals surface area contributed by atoms with Crippen LogP contribution >= 0.6 is 0 Å². The first kappa shape index (κ1) is 16.9. The predicted octanol–water partition coefficient (Wildman–Crippen LogP) is 3.27. The van der Waals surface area contributed by atoms with Gasteiger partial charge < -0.3 is 14.8 Å². The second-order valence-electron chi connectivity index (χ2n) is 5.54. The van der Waals surface area contributed by atoms with Gasteiger partial charge in [-0.3, -0.25) is 4.79 Å². The zero-order valence-electron chi connectivity index (χ0n) is 13.8. The first-order valence-electron chi connectivity index (χ1n) is 7.75. The van der Waals surface area contributed by atoms with Gasteiger partial charge in [0.1, 0.15) is 18.1 Å². The molecule has 4 heteroatoms. The van der Waals surface area contributed by atoms with E-state index in [9.17, 15) is 4.79 Å². The molecule has 2 aromatic rings. The summed E-state index contributed by atoms with van der Waals surface area (Å²) in [5.41, 5.74) is 2.32. The van der Waals surface area contributed by atoms with Crippen LogP contribution in [-0.2, 0) is 4.79 Å². The summed E-state index contributed by atoms with van der Waals surface area (Å²) in [7, 11) is 0. The minimum absolute atomic E-state index is 0.155. The fourth-order valence-corrected chi connectivity index (χ4v) is 2.26. The lowest BCUT2D eigenvalue weighted by molar-refractivity contribution is -0.127. The molecular formula is C19H23NO3. The molecule has 1 amide bonds. The van der Waals surface area contributed by atoms with Gasteiger partial charge in [-0.05, 0) is 56.2 Å². The molecule has 1 atom stereocenters. The molecule has 0 heterocycles. The van der Waals surface area contributed by atoms with E-state index in [2.05, 4.69) is 11.4 Å². The van der Waals surface area contributed by atoms with Crippen LogP contribution in [0, 0.1) is 13.8 Å². The normalized spacial score (nSPS) is 11.6. The van der Waals surface area contributed by atoms with Gasteiger partial charge in [-0.15, -0.1) is 0 Å². The molecule has 2 rings (SSSR count). The largest absolute Gasteiger partial charge is 0.492 e. The Bertz CT molecular complexity index is 620. The molecule has 0 radical (unpaired) electrons. The van der Waals surface area contributed by atoms with Crippen molar-refractivity contribution in [2.75, 3.05) is 13.2 Å². The van der Waals surface area contributed by atoms with Gasteiger partial charge in [-0.2, -0.15) is 0 Å². The van der Waals surface area contributed by atoms with E-state index >= 15 is 0 Å². The molecule has 0 aliphatic carbocycles. The van der Waals surface area contributed by atoms with Crippen molar-refractivity contribution in [1.82, 2.24) is 5.32 Å². The Morgan fingerprint density at radius 2 is 1.70 bits per heavy atom. The Morgan fingerprint density at radius 3 is 2.35 bits per heavy atom. The van der Waals surface area contributed by atoms with Crippen molar-refractivity contribution < 1.29 is 14.3 Å². The van der Waals surface area contributed by atoms with Gasteiger partial charge in [0, 0.05) is 0 Å². The third-order valence-corrected chi connectivity index (χ3v) is 3.29. The van der Waals surface area contributed by atoms with Crippen LogP contribution in [0.5, 0.6) is 11.5 Å². The van der Waals surface area contributed by atoms with Crippen molar-refractivity contribution in [1.29, 1.82) is 0 Å². The molecule has 4 nitrogen and oxygen atoms in total. The van der Waals surface area contributed by atoms with Crippen LogP contribution in [0.25, 0.3) is 0 Å². The number of benzene rings is 2. The molecule has 1 N–H and O–H groups in total. The van der Waals surface area contributed by atoms with Gasteiger partial charge in [0.25, 0.3) is 5.91 Å². The van der Waals surface area contributed by atoms with Crippen LogP contribution in [0.3, 0.4) is 0 Å². The van der Waals surface area contributed by atoms with Crippen LogP contribution in [0.15, 0.2) is 48.5 Å². The molecular weight excluding hydrogens is 290 g/mol. The fourth-order valence-electron chi connectivity index (χ4n) is 2.26. The Kier molecular flexibility index (Phi) is 6.03. The number of carbonyl (C=O) groups excluding carboxylic acids is 1. The van der Waals surface area contributed by atoms with Crippen molar-refractivity contribution in [3.63, 3.8) is 0 Å². The highest BCUT2D eigenvalue weighted by atomic mass is 16.5. The summed E-state index contributed by atoms with van der Waals surface area (Å²) in [6.45, 7) is 6.66. The van der Waals surface area contributed by atoms with Crippen LogP contribution in [0.4, 0.5) is 0 Å². The van der Waals surface area contributed by atoms with Gasteiger partial charge in [0.15, 0.2) is 6.10 Å². The zero-order chi connectivity index (χ0) is 16.7. The smallest absolute Gasteiger partial charge is 0.260 e. The molecule has 1 unspecified atom stereocenters. The number of para-hydroxylation sites is 1. The number of rotatable bonds is 7. The first-order chi connectivity index (χ1) is 11.0. The molecule has 0 fully saturated rings. The number of hydrogen-bond donors (Lipinski definition) is 1. The van der Waals surface area contributed by atoms with E-state index in [1.54, 1.807) is 6.92 Å². The summed E-state index contributed by atoms with van der Waals surface area (Å²) in [4.78, 5) is 12.0. The number of amides is 1. The Hall–Kier alpha value is -2.49. The summed E-state index contributed by atoms with van der Waals surface area (Å²) in [6.07, 6.45) is -0.543. The van der Waals surface area contributed by atoms with E-state index in [4.69, 9.17) is 9.47 Å². The lowest BCUT2D eigenvalue weighted by atomic mass is 10.1. The molecule has 0 bridgehead atoms. The number of hydrogen-bond acceptors (Lipinski definition) is 3. The van der Waals surface area contributed by atoms with E-state index in [0.717, 1.165) is 16.9 Å². The molecule has 0 aliphatic heterocycles. The fraction of sp³-hybridized carbons (Fsp3) is 0.316. The minimum atomic E-state index is -0.543. The van der Waals surface area contributed by atoms with Crippen LogP contribution in [-0.4, -0.2) is 25.2 Å². The maximum absolute atomic E-state index is 12.0. The van der Waals surface area contributed by atoms with Crippen LogP contribution in [0.1, 0.15) is 18.1 Å². The lowest BCUT2D eigenvalue weighted by Gasteiger charge is -2.15. The number of carbonyl (C=O) groups is 1. The molecule has 0 saturated heterocycles. The van der Waals surface area contributed by atoms with Gasteiger partial charge in [-0.25, -0.2) is 0 Å². The van der Waals surface area contributed by atoms with Gasteiger partial charge >= 0.3 is 0 Å². The third kappa shape index (κ3) is 5.66. The summed E-state index contributed by atoms with van der Waals surface area (Å²) in [5.74, 6) is 1.35. The van der Waals surface area contributed by atoms with Crippen molar-refractivity contribution in [2.45, 2.75) is 26.9 Å². The average molecular weight is 313 g/mol. The van der Waals surface area contributed by atoms with E-state index in [0.29, 0.717) is 18.9 Å². The van der Waals surface area contributed by atoms with Crippen molar-refractivity contribution in [2.24, 2.45) is 0 Å². The molecule has 0 spiro atoms. The standard InChI is InChI=1S/C19H23NO3/c1-14-11-15(2)13-18(12-14)22-10-9-20-19(21)16(3)23-17-7-5-4-6-8-17/h4-8,11-13,16H,9-10H2,1-3H3,(H,20,21). The summed E-state index contributed by atoms with van der Waals surface area (Å²) < 4.78 is 11.2. The minimum Gasteiger partial charge on any atom is -0.492 e. The predicted molar refractivity (Wildman–Crippen MR) is 91.0 cm³/mol. The maximum Gasteiger partial charge on any atom is 0.260 e. The molecule has 0 aromatic heterocycles. The molecule has 122 valence electrons. The molecule has 23 heavy (non-hydrogen) atoms. The lowest BCUT2D eigenvalue weighted by Crippen LogP contribution is -2.38. The number of ether oxygens (including phenoxy) is 2. The molecule has 2 aromatic carbocycles. The van der Waals surface area contributed by atoms with Gasteiger partial charge in [0.05, 0.1) is 6.54 Å². The molecule has 0 aliphatic rings. The average Bonchev–Trinajstić information content (AvgIpc) is 2.51. The Morgan fingerprint density at radius 1 is 1.04 bits per heavy atom. The summed E-state index contributed by atoms with van der Waals surface area (Å²) >= 11 is 0. The zero-order valence-corrected chi connectivity index (χ0v) is 13.8. The van der Waals surface area contributed by atoms with Crippen molar-refractivity contribution in [3.8, 4) is 11.5 Å². The quantitative estimate of drug-likeness (QED) is 0.798. The second kappa shape index (κ2) is 8.22. The van der Waals surface area contributed by atoms with Gasteiger partial charge in [0.2, 0.25) is 0 Å². The van der Waals surface area contributed by atoms with Crippen molar-refractivity contribution in [3.05, 3.63) is 59.7 Å². The summed E-state index contributed by atoms with van der Waals surface area (Å²) in [5, 5.41) is 2.81. The second-order valence-corrected chi connectivity index (χ2v) is 5.54. The van der Waals surface area contributed by atoms with Crippen molar-refractivity contribution >= 4 is 5.91 Å².